The summed E-state index contributed by atoms with van der Waals surface area (Å²) in [6.07, 6.45) is 2.25. The Morgan fingerprint density at radius 1 is 0.429 bits per heavy atom. The number of benzene rings is 8. The van der Waals surface area contributed by atoms with Crippen LogP contribution in [0.2, 0.25) is 0 Å². The van der Waals surface area contributed by atoms with E-state index in [0.29, 0.717) is 0 Å². The maximum Gasteiger partial charge on any atom is 0.135 e. The summed E-state index contributed by atoms with van der Waals surface area (Å²) in [5, 5.41) is 8.47. The highest BCUT2D eigenvalue weighted by atomic mass is 16.3. The number of rotatable bonds is 6. The van der Waals surface area contributed by atoms with Crippen LogP contribution in [0.15, 0.2) is 210 Å². The standard InChI is InChI=1S/C52H35N3O/c1-3-12-34(13-4-1)35-22-24-36(25-23-35)38-16-11-17-39(30-38)47-33-46(37-14-5-2-6-15-37)53-52(54-47)40-26-28-43-42-18-7-9-20-48(42)55(49(43)31-40)41-27-29-51-45(32-41)44-19-8-10-21-50(44)56-51/h1-33,47H,(H,53,54). The average Bonchev–Trinajstić information content (AvgIpc) is 3.82. The molecule has 0 fully saturated rings. The second kappa shape index (κ2) is 13.2. The Morgan fingerprint density at radius 2 is 1.05 bits per heavy atom. The number of fused-ring (bicyclic) bond motifs is 6. The van der Waals surface area contributed by atoms with Gasteiger partial charge in [0.05, 0.1) is 22.8 Å². The van der Waals surface area contributed by atoms with Crippen molar-refractivity contribution in [3.63, 3.8) is 0 Å². The third kappa shape index (κ3) is 5.50. The van der Waals surface area contributed by atoms with E-state index < -0.39 is 0 Å². The number of para-hydroxylation sites is 2. The molecule has 4 heteroatoms. The number of aromatic nitrogens is 1. The van der Waals surface area contributed by atoms with E-state index in [2.05, 4.69) is 198 Å². The minimum absolute atomic E-state index is 0.0976. The van der Waals surface area contributed by atoms with E-state index in [1.54, 1.807) is 0 Å². The quantitative estimate of drug-likeness (QED) is 0.186. The van der Waals surface area contributed by atoms with Crippen LogP contribution in [-0.2, 0) is 0 Å². The lowest BCUT2D eigenvalue weighted by Crippen LogP contribution is -2.31. The van der Waals surface area contributed by atoms with Crippen molar-refractivity contribution in [2.75, 3.05) is 0 Å². The van der Waals surface area contributed by atoms with Crippen LogP contribution in [0.5, 0.6) is 0 Å². The van der Waals surface area contributed by atoms with Gasteiger partial charge in [-0.25, -0.2) is 4.99 Å². The van der Waals surface area contributed by atoms with Gasteiger partial charge in [0.25, 0.3) is 0 Å². The topological polar surface area (TPSA) is 42.5 Å². The Balaban J connectivity index is 1.01. The lowest BCUT2D eigenvalue weighted by Gasteiger charge is -2.25. The minimum atomic E-state index is -0.0976. The first-order chi connectivity index (χ1) is 27.7. The smallest absolute Gasteiger partial charge is 0.135 e. The highest BCUT2D eigenvalue weighted by Crippen LogP contribution is 2.37. The van der Waals surface area contributed by atoms with Gasteiger partial charge in [0.2, 0.25) is 0 Å². The summed E-state index contributed by atoms with van der Waals surface area (Å²) in [6, 6.07) is 68.8. The van der Waals surface area contributed by atoms with E-state index in [0.717, 1.165) is 61.3 Å². The highest BCUT2D eigenvalue weighted by molar-refractivity contribution is 6.13. The Hall–Kier alpha value is -7.43. The molecule has 1 N–H and O–H groups in total. The molecule has 3 heterocycles. The summed E-state index contributed by atoms with van der Waals surface area (Å²) in [5.41, 5.74) is 14.2. The van der Waals surface area contributed by atoms with Crippen molar-refractivity contribution in [2.24, 2.45) is 4.99 Å². The first-order valence-electron chi connectivity index (χ1n) is 19.1. The summed E-state index contributed by atoms with van der Waals surface area (Å²) in [4.78, 5) is 5.29. The van der Waals surface area contributed by atoms with Crippen LogP contribution in [0, 0.1) is 0 Å². The lowest BCUT2D eigenvalue weighted by molar-refractivity contribution is 0.669. The molecule has 0 saturated heterocycles. The molecule has 264 valence electrons. The number of hydrogen-bond donors (Lipinski definition) is 1. The van der Waals surface area contributed by atoms with Gasteiger partial charge in [0.1, 0.15) is 17.0 Å². The lowest BCUT2D eigenvalue weighted by atomic mass is 9.95. The predicted octanol–water partition coefficient (Wildman–Crippen LogP) is 13.1. The van der Waals surface area contributed by atoms with Crippen molar-refractivity contribution >= 4 is 55.3 Å². The van der Waals surface area contributed by atoms with Gasteiger partial charge in [-0.2, -0.15) is 0 Å². The van der Waals surface area contributed by atoms with Crippen molar-refractivity contribution < 1.29 is 4.42 Å². The second-order valence-corrected chi connectivity index (χ2v) is 14.4. The Morgan fingerprint density at radius 3 is 1.88 bits per heavy atom. The van der Waals surface area contributed by atoms with E-state index in [1.807, 2.05) is 12.1 Å². The Kier molecular flexibility index (Phi) is 7.52. The van der Waals surface area contributed by atoms with E-state index in [4.69, 9.17) is 9.41 Å². The van der Waals surface area contributed by atoms with Gasteiger partial charge in [0, 0.05) is 32.8 Å². The molecule has 0 radical (unpaired) electrons. The van der Waals surface area contributed by atoms with Gasteiger partial charge in [-0.1, -0.05) is 152 Å². The van der Waals surface area contributed by atoms with Gasteiger partial charge >= 0.3 is 0 Å². The molecular formula is C52H35N3O. The van der Waals surface area contributed by atoms with E-state index >= 15 is 0 Å². The number of nitrogens with one attached hydrogen (secondary N) is 1. The van der Waals surface area contributed by atoms with E-state index in [9.17, 15) is 0 Å². The molecule has 56 heavy (non-hydrogen) atoms. The zero-order chi connectivity index (χ0) is 37.0. The normalized spacial score (nSPS) is 14.2. The number of furan rings is 1. The van der Waals surface area contributed by atoms with Crippen LogP contribution in [0.4, 0.5) is 0 Å². The van der Waals surface area contributed by atoms with Gasteiger partial charge in [-0.3, -0.25) is 0 Å². The molecule has 0 bridgehead atoms. The molecule has 4 nitrogen and oxygen atoms in total. The van der Waals surface area contributed by atoms with Gasteiger partial charge in [-0.15, -0.1) is 0 Å². The molecule has 8 aromatic carbocycles. The molecule has 1 atom stereocenters. The first-order valence-corrected chi connectivity index (χ1v) is 19.1. The first kappa shape index (κ1) is 32.0. The van der Waals surface area contributed by atoms with Crippen molar-refractivity contribution in [2.45, 2.75) is 6.04 Å². The molecule has 1 aliphatic rings. The largest absolute Gasteiger partial charge is 0.456 e. The van der Waals surface area contributed by atoms with E-state index in [1.165, 1.54) is 38.6 Å². The highest BCUT2D eigenvalue weighted by Gasteiger charge is 2.22. The summed E-state index contributed by atoms with van der Waals surface area (Å²) in [6.45, 7) is 0. The average molecular weight is 718 g/mol. The van der Waals surface area contributed by atoms with Crippen molar-refractivity contribution in [3.05, 3.63) is 217 Å². The SMILES string of the molecule is C1=C(c2ccccc2)N=C(c2ccc3c4ccccc4n(-c4ccc5oc6ccccc6c5c4)c3c2)NC1c1cccc(-c2ccc(-c3ccccc3)cc2)c1. The summed E-state index contributed by atoms with van der Waals surface area (Å²) < 4.78 is 8.58. The number of aliphatic imine (C=N–C) groups is 1. The fourth-order valence-electron chi connectivity index (χ4n) is 8.28. The second-order valence-electron chi connectivity index (χ2n) is 14.4. The summed E-state index contributed by atoms with van der Waals surface area (Å²) >= 11 is 0. The minimum Gasteiger partial charge on any atom is -0.456 e. The third-order valence-electron chi connectivity index (χ3n) is 11.1. The molecular weight excluding hydrogens is 683 g/mol. The fraction of sp³-hybridized carbons (Fsp3) is 0.0192. The summed E-state index contributed by atoms with van der Waals surface area (Å²) in [7, 11) is 0. The van der Waals surface area contributed by atoms with Gasteiger partial charge < -0.3 is 14.3 Å². The van der Waals surface area contributed by atoms with Gasteiger partial charge in [0.15, 0.2) is 0 Å². The molecule has 10 aromatic rings. The molecule has 0 saturated carbocycles. The van der Waals surface area contributed by atoms with Crippen LogP contribution in [0.25, 0.3) is 77.4 Å². The Bertz CT molecular complexity index is 3150. The molecule has 0 amide bonds. The number of amidine groups is 1. The molecule has 2 aromatic heterocycles. The predicted molar refractivity (Wildman–Crippen MR) is 232 cm³/mol. The van der Waals surface area contributed by atoms with Crippen LogP contribution < -0.4 is 5.32 Å². The zero-order valence-corrected chi connectivity index (χ0v) is 30.4. The monoisotopic (exact) mass is 717 g/mol. The summed E-state index contributed by atoms with van der Waals surface area (Å²) in [5.74, 6) is 0.837. The van der Waals surface area contributed by atoms with Crippen molar-refractivity contribution in [1.82, 2.24) is 9.88 Å². The van der Waals surface area contributed by atoms with E-state index in [-0.39, 0.29) is 6.04 Å². The molecule has 1 unspecified atom stereocenters. The zero-order valence-electron chi connectivity index (χ0n) is 30.4. The molecule has 0 spiro atoms. The maximum atomic E-state index is 6.21. The van der Waals surface area contributed by atoms with Crippen molar-refractivity contribution in [3.8, 4) is 27.9 Å². The molecule has 0 aliphatic carbocycles. The van der Waals surface area contributed by atoms with Crippen LogP contribution in [0.1, 0.15) is 22.7 Å². The van der Waals surface area contributed by atoms with Crippen LogP contribution in [0.3, 0.4) is 0 Å². The number of nitrogens with zero attached hydrogens (tertiary/aromatic N) is 2. The fourth-order valence-corrected chi connectivity index (χ4v) is 8.28. The van der Waals surface area contributed by atoms with Crippen molar-refractivity contribution in [1.29, 1.82) is 0 Å². The Labute approximate surface area is 324 Å². The molecule has 1 aliphatic heterocycles. The number of hydrogen-bond acceptors (Lipinski definition) is 3. The van der Waals surface area contributed by atoms with Crippen LogP contribution >= 0.6 is 0 Å². The van der Waals surface area contributed by atoms with Crippen LogP contribution in [-0.4, -0.2) is 10.4 Å². The molecule has 11 rings (SSSR count). The van der Waals surface area contributed by atoms with Gasteiger partial charge in [-0.05, 0) is 81.9 Å². The maximum absolute atomic E-state index is 6.21. The third-order valence-corrected chi connectivity index (χ3v) is 11.1.